The van der Waals surface area contributed by atoms with Crippen molar-refractivity contribution in [2.75, 3.05) is 0 Å². The quantitative estimate of drug-likeness (QED) is 0.398. The van der Waals surface area contributed by atoms with Crippen molar-refractivity contribution in [2.45, 2.75) is 32.9 Å². The number of hydrogen-bond donors (Lipinski definition) is 0. The number of imidazole rings is 1. The van der Waals surface area contributed by atoms with Crippen LogP contribution in [0.2, 0.25) is 0 Å². The van der Waals surface area contributed by atoms with Crippen LogP contribution in [0.25, 0.3) is 0 Å². The molecule has 21 heavy (non-hydrogen) atoms. The normalized spacial score (nSPS) is 9.95. The highest BCUT2D eigenvalue weighted by Gasteiger charge is 2.16. The van der Waals surface area contributed by atoms with Crippen molar-refractivity contribution in [1.82, 2.24) is 9.55 Å². The summed E-state index contributed by atoms with van der Waals surface area (Å²) in [5, 5.41) is 0. The molecule has 1 rings (SSSR count). The second-order valence-electron chi connectivity index (χ2n) is 4.66. The summed E-state index contributed by atoms with van der Waals surface area (Å²) in [6, 6.07) is 0. The van der Waals surface area contributed by atoms with E-state index in [9.17, 15) is 4.79 Å². The summed E-state index contributed by atoms with van der Waals surface area (Å²) < 4.78 is 7.26. The summed E-state index contributed by atoms with van der Waals surface area (Å²) in [6.45, 7) is 17.2. The largest absolute Gasteiger partial charge is 0.456 e. The molecule has 0 unspecified atom stereocenters. The van der Waals surface area contributed by atoms with Crippen LogP contribution < -0.4 is 0 Å². The van der Waals surface area contributed by atoms with Gasteiger partial charge in [-0.15, -0.1) is 19.7 Å². The molecule has 0 aliphatic heterocycles. The van der Waals surface area contributed by atoms with E-state index in [1.54, 1.807) is 25.2 Å². The molecule has 0 amide bonds. The summed E-state index contributed by atoms with van der Waals surface area (Å²) in [7, 11) is 0. The van der Waals surface area contributed by atoms with Crippen LogP contribution in [0.4, 0.5) is 0 Å². The van der Waals surface area contributed by atoms with Crippen LogP contribution >= 0.6 is 0 Å². The Balaban J connectivity index is 3.13. The van der Waals surface area contributed by atoms with Crippen molar-refractivity contribution < 1.29 is 9.53 Å². The van der Waals surface area contributed by atoms with Gasteiger partial charge in [-0.1, -0.05) is 24.8 Å². The van der Waals surface area contributed by atoms with Gasteiger partial charge in [-0.05, 0) is 6.92 Å². The minimum Gasteiger partial charge on any atom is -0.456 e. The number of esters is 1. The van der Waals surface area contributed by atoms with Gasteiger partial charge in [-0.2, -0.15) is 0 Å². The first kappa shape index (κ1) is 16.7. The molecule has 1 heterocycles. The Morgan fingerprint density at radius 1 is 1.24 bits per heavy atom. The van der Waals surface area contributed by atoms with E-state index in [2.05, 4.69) is 31.3 Å². The predicted octanol–water partition coefficient (Wildman–Crippen LogP) is 3.15. The highest BCUT2D eigenvalue weighted by Crippen LogP contribution is 2.16. The Labute approximate surface area is 126 Å². The van der Waals surface area contributed by atoms with E-state index < -0.39 is 5.97 Å². The molecular weight excluding hydrogens is 264 g/mol. The van der Waals surface area contributed by atoms with Crippen molar-refractivity contribution in [3.05, 3.63) is 67.3 Å². The lowest BCUT2D eigenvalue weighted by Crippen LogP contribution is -2.11. The molecule has 0 bridgehead atoms. The van der Waals surface area contributed by atoms with Crippen LogP contribution in [0.1, 0.15) is 24.1 Å². The monoisotopic (exact) mass is 286 g/mol. The number of aromatic nitrogens is 2. The number of allylic oxidation sites excluding steroid dienone is 3. The van der Waals surface area contributed by atoms with Crippen molar-refractivity contribution >= 4 is 5.97 Å². The highest BCUT2D eigenvalue weighted by molar-refractivity contribution is 5.86. The van der Waals surface area contributed by atoms with E-state index in [-0.39, 0.29) is 6.61 Å². The summed E-state index contributed by atoms with van der Waals surface area (Å²) in [5.41, 5.74) is 2.10. The molecule has 0 aliphatic carbocycles. The standard InChI is InChI=1S/C17H22N2O2/c1-6-9-14-15(12-21-17(20)13(4)5)19(11-8-3)16(18-14)10-7-2/h6-8H,1-4,9-12H2,5H3. The predicted molar refractivity (Wildman–Crippen MR) is 84.8 cm³/mol. The molecule has 0 fully saturated rings. The zero-order valence-corrected chi connectivity index (χ0v) is 12.6. The second-order valence-corrected chi connectivity index (χ2v) is 4.66. The zero-order chi connectivity index (χ0) is 15.8. The summed E-state index contributed by atoms with van der Waals surface area (Å²) >= 11 is 0. The third-order valence-electron chi connectivity index (χ3n) is 2.90. The maximum atomic E-state index is 11.6. The first-order valence-corrected chi connectivity index (χ1v) is 6.77. The average molecular weight is 286 g/mol. The number of ether oxygens (including phenoxy) is 1. The molecule has 0 saturated heterocycles. The molecule has 0 saturated carbocycles. The van der Waals surface area contributed by atoms with Gasteiger partial charge in [0, 0.05) is 25.0 Å². The van der Waals surface area contributed by atoms with Gasteiger partial charge in [-0.25, -0.2) is 9.78 Å². The van der Waals surface area contributed by atoms with Gasteiger partial charge in [0.1, 0.15) is 12.4 Å². The zero-order valence-electron chi connectivity index (χ0n) is 12.6. The van der Waals surface area contributed by atoms with Crippen molar-refractivity contribution in [3.63, 3.8) is 0 Å². The Kier molecular flexibility index (Phi) is 6.40. The number of rotatable bonds is 9. The third kappa shape index (κ3) is 4.31. The fourth-order valence-electron chi connectivity index (χ4n) is 1.94. The fourth-order valence-corrected chi connectivity index (χ4v) is 1.94. The van der Waals surface area contributed by atoms with Crippen molar-refractivity contribution in [1.29, 1.82) is 0 Å². The van der Waals surface area contributed by atoms with Gasteiger partial charge >= 0.3 is 5.97 Å². The minimum atomic E-state index is -0.406. The molecule has 0 aromatic carbocycles. The van der Waals surface area contributed by atoms with Gasteiger partial charge in [0.15, 0.2) is 0 Å². The molecule has 4 nitrogen and oxygen atoms in total. The Morgan fingerprint density at radius 3 is 2.43 bits per heavy atom. The lowest BCUT2D eigenvalue weighted by atomic mass is 10.2. The lowest BCUT2D eigenvalue weighted by Gasteiger charge is -2.10. The Bertz CT molecular complexity index is 568. The smallest absolute Gasteiger partial charge is 0.333 e. The molecule has 1 aromatic heterocycles. The number of carbonyl (C=O) groups is 1. The van der Waals surface area contributed by atoms with Gasteiger partial charge in [0.2, 0.25) is 0 Å². The fraction of sp³-hybridized carbons (Fsp3) is 0.294. The van der Waals surface area contributed by atoms with Crippen LogP contribution in [-0.4, -0.2) is 15.5 Å². The number of hydrogen-bond acceptors (Lipinski definition) is 3. The van der Waals surface area contributed by atoms with Crippen LogP contribution in [0.5, 0.6) is 0 Å². The molecule has 4 heteroatoms. The van der Waals surface area contributed by atoms with Crippen molar-refractivity contribution in [2.24, 2.45) is 0 Å². The summed E-state index contributed by atoms with van der Waals surface area (Å²) in [6.07, 6.45) is 6.63. The molecule has 0 atom stereocenters. The van der Waals surface area contributed by atoms with Gasteiger partial charge < -0.3 is 9.30 Å². The Morgan fingerprint density at radius 2 is 1.90 bits per heavy atom. The van der Waals surface area contributed by atoms with Crippen LogP contribution in [-0.2, 0) is 35.5 Å². The molecular formula is C17H22N2O2. The first-order valence-electron chi connectivity index (χ1n) is 6.77. The lowest BCUT2D eigenvalue weighted by molar-refractivity contribution is -0.140. The van der Waals surface area contributed by atoms with Crippen LogP contribution in [0.3, 0.4) is 0 Å². The molecule has 112 valence electrons. The van der Waals surface area contributed by atoms with E-state index in [0.717, 1.165) is 17.2 Å². The topological polar surface area (TPSA) is 44.1 Å². The number of carbonyl (C=O) groups excluding carboxylic acids is 1. The average Bonchev–Trinajstić information content (AvgIpc) is 2.75. The van der Waals surface area contributed by atoms with E-state index in [1.165, 1.54) is 0 Å². The number of nitrogens with zero attached hydrogens (tertiary/aromatic N) is 2. The summed E-state index contributed by atoms with van der Waals surface area (Å²) in [4.78, 5) is 16.2. The molecule has 0 aliphatic rings. The van der Waals surface area contributed by atoms with Crippen LogP contribution in [0, 0.1) is 0 Å². The van der Waals surface area contributed by atoms with Gasteiger partial charge in [0.05, 0.1) is 11.4 Å². The van der Waals surface area contributed by atoms with Crippen LogP contribution in [0.15, 0.2) is 50.1 Å². The SMILES string of the molecule is C=CCc1nc(CC=C)n(CC=C)c1COC(=O)C(=C)C. The molecule has 1 aromatic rings. The van der Waals surface area contributed by atoms with Gasteiger partial charge in [0.25, 0.3) is 0 Å². The summed E-state index contributed by atoms with van der Waals surface area (Å²) in [5.74, 6) is 0.472. The van der Waals surface area contributed by atoms with E-state index in [1.807, 2.05) is 4.57 Å². The van der Waals surface area contributed by atoms with Gasteiger partial charge in [-0.3, -0.25) is 0 Å². The van der Waals surface area contributed by atoms with E-state index in [0.29, 0.717) is 25.0 Å². The minimum absolute atomic E-state index is 0.160. The van der Waals surface area contributed by atoms with E-state index in [4.69, 9.17) is 4.74 Å². The van der Waals surface area contributed by atoms with E-state index >= 15 is 0 Å². The third-order valence-corrected chi connectivity index (χ3v) is 2.90. The highest BCUT2D eigenvalue weighted by atomic mass is 16.5. The molecule has 0 N–H and O–H groups in total. The Hall–Kier alpha value is -2.36. The first-order chi connectivity index (χ1) is 10.0. The maximum absolute atomic E-state index is 11.6. The van der Waals surface area contributed by atoms with Crippen molar-refractivity contribution in [3.8, 4) is 0 Å². The maximum Gasteiger partial charge on any atom is 0.333 e. The second kappa shape index (κ2) is 8.04. The molecule has 0 spiro atoms. The molecule has 0 radical (unpaired) electrons.